The Labute approximate surface area is 161 Å². The van der Waals surface area contributed by atoms with E-state index in [1.54, 1.807) is 12.1 Å². The zero-order valence-corrected chi connectivity index (χ0v) is 16.7. The van der Waals surface area contributed by atoms with Crippen LogP contribution in [0.1, 0.15) is 17.5 Å². The number of carbonyl (C=O) groups excluding carboxylic acids is 1. The number of nitrogens with one attached hydrogen (secondary N) is 1. The second-order valence-corrected chi connectivity index (χ2v) is 7.37. The number of nitrogens with zero attached hydrogens (tertiary/aromatic N) is 5. The van der Waals surface area contributed by atoms with E-state index in [-0.39, 0.29) is 5.91 Å². The van der Waals surface area contributed by atoms with Gasteiger partial charge in [0.25, 0.3) is 5.91 Å². The molecule has 2 saturated heterocycles. The Kier molecular flexibility index (Phi) is 6.73. The highest BCUT2D eigenvalue weighted by atomic mass is 16.3. The highest BCUT2D eigenvalue weighted by Gasteiger charge is 2.26. The summed E-state index contributed by atoms with van der Waals surface area (Å²) in [6, 6.07) is 3.93. The number of amides is 1. The molecule has 8 nitrogen and oxygen atoms in total. The Hall–Kier alpha value is -2.06. The van der Waals surface area contributed by atoms with Crippen LogP contribution in [0.2, 0.25) is 0 Å². The van der Waals surface area contributed by atoms with Gasteiger partial charge in [0.05, 0.1) is 6.26 Å². The van der Waals surface area contributed by atoms with Crippen LogP contribution in [0.4, 0.5) is 0 Å². The Bertz CT molecular complexity index is 616. The van der Waals surface area contributed by atoms with E-state index in [1.165, 1.54) is 6.26 Å². The van der Waals surface area contributed by atoms with Gasteiger partial charge in [-0.05, 0) is 26.1 Å². The third kappa shape index (κ3) is 5.01. The Morgan fingerprint density at radius 2 is 1.81 bits per heavy atom. The molecule has 0 bridgehead atoms. The van der Waals surface area contributed by atoms with Gasteiger partial charge in [-0.2, -0.15) is 0 Å². The maximum Gasteiger partial charge on any atom is 0.289 e. The summed E-state index contributed by atoms with van der Waals surface area (Å²) in [7, 11) is 4.00. The van der Waals surface area contributed by atoms with E-state index in [0.717, 1.165) is 51.8 Å². The average Bonchev–Trinajstić information content (AvgIpc) is 3.23. The van der Waals surface area contributed by atoms with Crippen LogP contribution >= 0.6 is 0 Å². The van der Waals surface area contributed by atoms with E-state index in [2.05, 4.69) is 39.0 Å². The van der Waals surface area contributed by atoms with Crippen molar-refractivity contribution in [1.29, 1.82) is 0 Å². The molecule has 0 saturated carbocycles. The SMILES string of the molecule is CN=C(NCC(C)N1CCN(C)CC1)N1CCN(C(=O)c2ccco2)CC1. The number of aliphatic imine (C=N–C) groups is 1. The van der Waals surface area contributed by atoms with E-state index in [1.807, 2.05) is 11.9 Å². The Balaban J connectivity index is 1.44. The van der Waals surface area contributed by atoms with Crippen molar-refractivity contribution in [3.63, 3.8) is 0 Å². The Morgan fingerprint density at radius 1 is 1.15 bits per heavy atom. The first-order chi connectivity index (χ1) is 13.1. The summed E-state index contributed by atoms with van der Waals surface area (Å²) in [5, 5.41) is 3.52. The fraction of sp³-hybridized carbons (Fsp3) is 0.684. The van der Waals surface area contributed by atoms with Crippen LogP contribution in [-0.4, -0.2) is 111 Å². The van der Waals surface area contributed by atoms with Gasteiger partial charge in [-0.1, -0.05) is 0 Å². The van der Waals surface area contributed by atoms with Gasteiger partial charge in [0.2, 0.25) is 0 Å². The number of hydrogen-bond donors (Lipinski definition) is 1. The molecule has 1 aromatic rings. The number of guanidine groups is 1. The first-order valence-corrected chi connectivity index (χ1v) is 9.79. The summed E-state index contributed by atoms with van der Waals surface area (Å²) < 4.78 is 5.22. The van der Waals surface area contributed by atoms with Gasteiger partial charge >= 0.3 is 0 Å². The van der Waals surface area contributed by atoms with Crippen LogP contribution in [0.15, 0.2) is 27.8 Å². The minimum absolute atomic E-state index is 0.0358. The largest absolute Gasteiger partial charge is 0.459 e. The molecule has 0 radical (unpaired) electrons. The van der Waals surface area contributed by atoms with Crippen molar-refractivity contribution in [3.8, 4) is 0 Å². The molecule has 2 fully saturated rings. The van der Waals surface area contributed by atoms with Crippen LogP contribution in [-0.2, 0) is 0 Å². The molecule has 8 heteroatoms. The number of carbonyl (C=O) groups is 1. The van der Waals surface area contributed by atoms with Gasteiger partial charge in [0, 0.05) is 72.0 Å². The molecule has 1 unspecified atom stereocenters. The third-order valence-electron chi connectivity index (χ3n) is 5.53. The molecule has 3 rings (SSSR count). The lowest BCUT2D eigenvalue weighted by Crippen LogP contribution is -2.56. The molecule has 3 heterocycles. The molecule has 27 heavy (non-hydrogen) atoms. The van der Waals surface area contributed by atoms with Crippen LogP contribution in [0, 0.1) is 0 Å². The van der Waals surface area contributed by atoms with Crippen LogP contribution in [0.25, 0.3) is 0 Å². The van der Waals surface area contributed by atoms with Crippen molar-refractivity contribution >= 4 is 11.9 Å². The quantitative estimate of drug-likeness (QED) is 0.600. The van der Waals surface area contributed by atoms with Crippen LogP contribution in [0.3, 0.4) is 0 Å². The predicted octanol–water partition coefficient (Wildman–Crippen LogP) is 0.249. The average molecular weight is 377 g/mol. The van der Waals surface area contributed by atoms with E-state index in [0.29, 0.717) is 24.9 Å². The second-order valence-electron chi connectivity index (χ2n) is 7.37. The zero-order valence-electron chi connectivity index (χ0n) is 16.7. The maximum absolute atomic E-state index is 12.4. The third-order valence-corrected chi connectivity index (χ3v) is 5.53. The monoisotopic (exact) mass is 376 g/mol. The highest BCUT2D eigenvalue weighted by Crippen LogP contribution is 2.10. The molecule has 1 N–H and O–H groups in total. The standard InChI is InChI=1S/C19H32N6O2/c1-16(23-8-6-22(3)7-9-23)15-21-19(20-2)25-12-10-24(11-13-25)18(26)17-5-4-14-27-17/h4-5,14,16H,6-13,15H2,1-3H3,(H,20,21). The van der Waals surface area contributed by atoms with Gasteiger partial charge in [-0.25, -0.2) is 0 Å². The number of likely N-dealkylation sites (N-methyl/N-ethyl adjacent to an activating group) is 1. The van der Waals surface area contributed by atoms with Crippen LogP contribution < -0.4 is 5.32 Å². The van der Waals surface area contributed by atoms with E-state index in [4.69, 9.17) is 4.42 Å². The van der Waals surface area contributed by atoms with E-state index < -0.39 is 0 Å². The van der Waals surface area contributed by atoms with Crippen molar-refractivity contribution < 1.29 is 9.21 Å². The topological polar surface area (TPSA) is 67.6 Å². The Morgan fingerprint density at radius 3 is 2.41 bits per heavy atom. The van der Waals surface area contributed by atoms with Crippen molar-refractivity contribution in [2.24, 2.45) is 4.99 Å². The lowest BCUT2D eigenvalue weighted by Gasteiger charge is -2.38. The fourth-order valence-corrected chi connectivity index (χ4v) is 3.64. The maximum atomic E-state index is 12.4. The van der Waals surface area contributed by atoms with Gasteiger partial charge in [-0.3, -0.25) is 14.7 Å². The normalized spacial score (nSPS) is 21.4. The molecular formula is C19H32N6O2. The first-order valence-electron chi connectivity index (χ1n) is 9.79. The number of furan rings is 1. The van der Waals surface area contributed by atoms with Gasteiger partial charge < -0.3 is 24.4 Å². The van der Waals surface area contributed by atoms with E-state index in [9.17, 15) is 4.79 Å². The summed E-state index contributed by atoms with van der Waals surface area (Å²) in [6.45, 7) is 10.5. The first kappa shape index (κ1) is 19.7. The molecule has 2 aliphatic heterocycles. The van der Waals surface area contributed by atoms with Crippen molar-refractivity contribution in [3.05, 3.63) is 24.2 Å². The van der Waals surface area contributed by atoms with Crippen molar-refractivity contribution in [1.82, 2.24) is 24.9 Å². The smallest absolute Gasteiger partial charge is 0.289 e. The van der Waals surface area contributed by atoms with Crippen LogP contribution in [0.5, 0.6) is 0 Å². The highest BCUT2D eigenvalue weighted by molar-refractivity contribution is 5.91. The minimum Gasteiger partial charge on any atom is -0.459 e. The summed E-state index contributed by atoms with van der Waals surface area (Å²) in [5.74, 6) is 1.29. The molecule has 2 aliphatic rings. The fourth-order valence-electron chi connectivity index (χ4n) is 3.64. The zero-order chi connectivity index (χ0) is 19.2. The molecule has 1 atom stereocenters. The molecule has 0 aliphatic carbocycles. The summed E-state index contributed by atoms with van der Waals surface area (Å²) in [4.78, 5) is 25.8. The number of rotatable bonds is 4. The van der Waals surface area contributed by atoms with Gasteiger partial charge in [-0.15, -0.1) is 0 Å². The summed E-state index contributed by atoms with van der Waals surface area (Å²) in [6.07, 6.45) is 1.54. The molecule has 0 spiro atoms. The van der Waals surface area contributed by atoms with E-state index >= 15 is 0 Å². The van der Waals surface area contributed by atoms with Gasteiger partial charge in [0.15, 0.2) is 11.7 Å². The molecule has 1 aromatic heterocycles. The predicted molar refractivity (Wildman–Crippen MR) is 106 cm³/mol. The lowest BCUT2D eigenvalue weighted by atomic mass is 10.2. The minimum atomic E-state index is -0.0358. The summed E-state index contributed by atoms with van der Waals surface area (Å²) in [5.41, 5.74) is 0. The number of piperazine rings is 2. The lowest BCUT2D eigenvalue weighted by molar-refractivity contribution is 0.0657. The molecule has 0 aromatic carbocycles. The summed E-state index contributed by atoms with van der Waals surface area (Å²) >= 11 is 0. The van der Waals surface area contributed by atoms with Crippen molar-refractivity contribution in [2.45, 2.75) is 13.0 Å². The van der Waals surface area contributed by atoms with Crippen molar-refractivity contribution in [2.75, 3.05) is 73.0 Å². The second kappa shape index (κ2) is 9.23. The molecule has 1 amide bonds. The molecular weight excluding hydrogens is 344 g/mol. The number of hydrogen-bond acceptors (Lipinski definition) is 5. The molecule has 150 valence electrons. The van der Waals surface area contributed by atoms with Gasteiger partial charge in [0.1, 0.15) is 0 Å².